The summed E-state index contributed by atoms with van der Waals surface area (Å²) in [5, 5.41) is 6.14. The molecule has 3 heterocycles. The van der Waals surface area contributed by atoms with Gasteiger partial charge in [-0.25, -0.2) is 19.3 Å². The van der Waals surface area contributed by atoms with Crippen LogP contribution >= 0.6 is 15.9 Å². The van der Waals surface area contributed by atoms with Crippen LogP contribution in [0.3, 0.4) is 0 Å². The highest BCUT2D eigenvalue weighted by Gasteiger charge is 2.04. The Kier molecular flexibility index (Phi) is 2.56. The molecule has 8 heteroatoms. The highest BCUT2D eigenvalue weighted by atomic mass is 79.9. The van der Waals surface area contributed by atoms with Crippen molar-refractivity contribution in [2.24, 2.45) is 0 Å². The highest BCUT2D eigenvalue weighted by molar-refractivity contribution is 9.10. The summed E-state index contributed by atoms with van der Waals surface area (Å²) in [6.45, 7) is 0. The zero-order valence-electron chi connectivity index (χ0n) is 8.87. The molecule has 3 aromatic heterocycles. The van der Waals surface area contributed by atoms with Gasteiger partial charge in [0.1, 0.15) is 12.1 Å². The Hall–Kier alpha value is -2.22. The number of fused-ring (bicyclic) bond motifs is 1. The number of rotatable bonds is 2. The van der Waals surface area contributed by atoms with Gasteiger partial charge in [0.05, 0.1) is 6.20 Å². The molecule has 90 valence electrons. The Bertz CT molecular complexity index is 766. The standard InChI is InChI=1S/C10H6BrN5O2/c11-6-1-7(4-12-3-6)18-9-2-8-14-15-10(17)16(8)5-13-9/h1-5H,(H,15,17). The first-order valence-corrected chi connectivity index (χ1v) is 5.73. The molecule has 18 heavy (non-hydrogen) atoms. The normalized spacial score (nSPS) is 10.7. The van der Waals surface area contributed by atoms with Crippen molar-refractivity contribution in [1.82, 2.24) is 24.6 Å². The smallest absolute Gasteiger partial charge is 0.348 e. The molecule has 1 N–H and O–H groups in total. The third-order valence-electron chi connectivity index (χ3n) is 2.19. The molecule has 0 spiro atoms. The average Bonchev–Trinajstić information content (AvgIpc) is 2.71. The molecule has 0 saturated carbocycles. The first-order chi connectivity index (χ1) is 8.72. The van der Waals surface area contributed by atoms with Gasteiger partial charge in [-0.1, -0.05) is 0 Å². The van der Waals surface area contributed by atoms with Crippen LogP contribution in [0.2, 0.25) is 0 Å². The number of hydrogen-bond acceptors (Lipinski definition) is 5. The van der Waals surface area contributed by atoms with E-state index in [1.807, 2.05) is 0 Å². The number of H-pyrrole nitrogens is 1. The lowest BCUT2D eigenvalue weighted by atomic mass is 10.4. The van der Waals surface area contributed by atoms with E-state index < -0.39 is 0 Å². The maximum atomic E-state index is 11.2. The van der Waals surface area contributed by atoms with Gasteiger partial charge in [-0.05, 0) is 22.0 Å². The summed E-state index contributed by atoms with van der Waals surface area (Å²) in [6, 6.07) is 3.31. The van der Waals surface area contributed by atoms with Gasteiger partial charge in [0, 0.05) is 16.7 Å². The fourth-order valence-corrected chi connectivity index (χ4v) is 1.76. The minimum atomic E-state index is -0.340. The van der Waals surface area contributed by atoms with Gasteiger partial charge in [-0.15, -0.1) is 0 Å². The SMILES string of the molecule is O=c1[nH]nc2cc(Oc3cncc(Br)c3)ncn12. The van der Waals surface area contributed by atoms with Gasteiger partial charge >= 0.3 is 5.69 Å². The third-order valence-corrected chi connectivity index (χ3v) is 2.62. The molecule has 0 amide bonds. The highest BCUT2D eigenvalue weighted by Crippen LogP contribution is 2.21. The van der Waals surface area contributed by atoms with Crippen molar-refractivity contribution in [1.29, 1.82) is 0 Å². The maximum Gasteiger partial charge on any atom is 0.348 e. The van der Waals surface area contributed by atoms with Crippen molar-refractivity contribution in [2.45, 2.75) is 0 Å². The van der Waals surface area contributed by atoms with Crippen molar-refractivity contribution < 1.29 is 4.74 Å². The summed E-state index contributed by atoms with van der Waals surface area (Å²) in [5.74, 6) is 0.875. The molecule has 3 rings (SSSR count). The van der Waals surface area contributed by atoms with Gasteiger partial charge in [0.15, 0.2) is 5.65 Å². The van der Waals surface area contributed by atoms with E-state index in [4.69, 9.17) is 4.74 Å². The van der Waals surface area contributed by atoms with Crippen molar-refractivity contribution >= 4 is 21.6 Å². The Morgan fingerprint density at radius 1 is 1.33 bits per heavy atom. The summed E-state index contributed by atoms with van der Waals surface area (Å²) in [7, 11) is 0. The summed E-state index contributed by atoms with van der Waals surface area (Å²) in [6.07, 6.45) is 4.56. The van der Waals surface area contributed by atoms with Crippen LogP contribution in [0.4, 0.5) is 0 Å². The summed E-state index contributed by atoms with van der Waals surface area (Å²) in [4.78, 5) is 19.2. The molecule has 0 atom stereocenters. The predicted molar refractivity (Wildman–Crippen MR) is 65.6 cm³/mol. The van der Waals surface area contributed by atoms with Crippen LogP contribution in [0.25, 0.3) is 5.65 Å². The number of ether oxygens (including phenoxy) is 1. The van der Waals surface area contributed by atoms with Gasteiger partial charge in [-0.2, -0.15) is 5.10 Å². The van der Waals surface area contributed by atoms with Crippen LogP contribution in [0.1, 0.15) is 0 Å². The van der Waals surface area contributed by atoms with Crippen LogP contribution in [0.5, 0.6) is 11.6 Å². The molecule has 0 bridgehead atoms. The number of nitrogens with one attached hydrogen (secondary N) is 1. The summed E-state index contributed by atoms with van der Waals surface area (Å²) < 4.78 is 7.59. The number of hydrogen-bond donors (Lipinski definition) is 1. The zero-order chi connectivity index (χ0) is 12.5. The third kappa shape index (κ3) is 1.97. The minimum Gasteiger partial charge on any atom is -0.437 e. The molecule has 7 nitrogen and oxygen atoms in total. The summed E-state index contributed by atoms with van der Waals surface area (Å²) in [5.41, 5.74) is 0.0983. The number of aromatic nitrogens is 5. The van der Waals surface area contributed by atoms with Crippen LogP contribution < -0.4 is 10.4 Å². The Labute approximate surface area is 109 Å². The second-order valence-electron chi connectivity index (χ2n) is 3.43. The van der Waals surface area contributed by atoms with E-state index in [0.29, 0.717) is 17.3 Å². The monoisotopic (exact) mass is 307 g/mol. The molecule has 0 aromatic carbocycles. The van der Waals surface area contributed by atoms with Gasteiger partial charge in [-0.3, -0.25) is 4.98 Å². The second-order valence-corrected chi connectivity index (χ2v) is 4.34. The van der Waals surface area contributed by atoms with E-state index >= 15 is 0 Å². The van der Waals surface area contributed by atoms with Gasteiger partial charge in [0.25, 0.3) is 0 Å². The van der Waals surface area contributed by atoms with E-state index in [1.165, 1.54) is 10.7 Å². The lowest BCUT2D eigenvalue weighted by Gasteiger charge is -2.03. The second kappa shape index (κ2) is 4.22. The Morgan fingerprint density at radius 2 is 2.22 bits per heavy atom. The molecular formula is C10H6BrN5O2. The molecule has 0 aliphatic carbocycles. The van der Waals surface area contributed by atoms with E-state index in [9.17, 15) is 4.79 Å². The molecular weight excluding hydrogens is 302 g/mol. The van der Waals surface area contributed by atoms with E-state index in [0.717, 1.165) is 4.47 Å². The van der Waals surface area contributed by atoms with Crippen molar-refractivity contribution in [3.63, 3.8) is 0 Å². The van der Waals surface area contributed by atoms with Crippen LogP contribution in [-0.4, -0.2) is 24.6 Å². The number of nitrogens with zero attached hydrogens (tertiary/aromatic N) is 4. The molecule has 0 fully saturated rings. The average molecular weight is 308 g/mol. The van der Waals surface area contributed by atoms with Crippen molar-refractivity contribution in [2.75, 3.05) is 0 Å². The largest absolute Gasteiger partial charge is 0.437 e. The molecule has 0 radical (unpaired) electrons. The molecule has 3 aromatic rings. The lowest BCUT2D eigenvalue weighted by Crippen LogP contribution is -2.09. The quantitative estimate of drug-likeness (QED) is 0.773. The van der Waals surface area contributed by atoms with Crippen molar-refractivity contribution in [3.05, 3.63) is 45.8 Å². The fourth-order valence-electron chi connectivity index (χ4n) is 1.42. The lowest BCUT2D eigenvalue weighted by molar-refractivity contribution is 0.459. The van der Waals surface area contributed by atoms with Gasteiger partial charge in [0.2, 0.25) is 5.88 Å². The zero-order valence-corrected chi connectivity index (χ0v) is 10.5. The fraction of sp³-hybridized carbons (Fsp3) is 0. The van der Waals surface area contributed by atoms with Crippen LogP contribution in [-0.2, 0) is 0 Å². The maximum absolute atomic E-state index is 11.2. The molecule has 0 unspecified atom stereocenters. The first kappa shape index (κ1) is 10.9. The Balaban J connectivity index is 1.97. The topological polar surface area (TPSA) is 85.2 Å². The molecule has 0 aliphatic heterocycles. The van der Waals surface area contributed by atoms with E-state index in [2.05, 4.69) is 36.1 Å². The minimum absolute atomic E-state index is 0.335. The number of pyridine rings is 1. The predicted octanol–water partition coefficient (Wildman–Crippen LogP) is 1.37. The van der Waals surface area contributed by atoms with E-state index in [1.54, 1.807) is 24.5 Å². The first-order valence-electron chi connectivity index (χ1n) is 4.93. The Morgan fingerprint density at radius 3 is 3.06 bits per heavy atom. The van der Waals surface area contributed by atoms with Crippen LogP contribution in [0.15, 0.2) is 40.1 Å². The number of halogens is 1. The molecule has 0 aliphatic rings. The van der Waals surface area contributed by atoms with E-state index in [-0.39, 0.29) is 5.69 Å². The molecule has 0 saturated heterocycles. The number of aromatic amines is 1. The van der Waals surface area contributed by atoms with Crippen LogP contribution in [0, 0.1) is 0 Å². The van der Waals surface area contributed by atoms with Crippen molar-refractivity contribution in [3.8, 4) is 11.6 Å². The summed E-state index contributed by atoms with van der Waals surface area (Å²) >= 11 is 3.29. The van der Waals surface area contributed by atoms with Gasteiger partial charge < -0.3 is 4.74 Å².